The molecule has 0 aromatic carbocycles. The Kier molecular flexibility index (Phi) is 24.2. The molecule has 2 unspecified atom stereocenters. The minimum Gasteiger partial charge on any atom is -0.306 e. The van der Waals surface area contributed by atoms with Crippen molar-refractivity contribution in [2.24, 2.45) is 11.8 Å². The quantitative estimate of drug-likeness (QED) is 0.0340. The highest BCUT2D eigenvalue weighted by Gasteiger charge is 2.50. The van der Waals surface area contributed by atoms with Gasteiger partial charge in [-0.3, -0.25) is 9.59 Å². The first kappa shape index (κ1) is 55.8. The maximum atomic E-state index is 15.6. The van der Waals surface area contributed by atoms with E-state index in [-0.39, 0.29) is 11.8 Å². The average Bonchev–Trinajstić information content (AvgIpc) is 4.23. The standard InChI is InChI=1S/C59H81BrN2O2S5/c1-7-12-16-20-22-26-31-43(29-24-18-14-9-3)41-61-56(51-38-37-50(68-51)49-36-35-48(67-49)47-34-33-46(66-47)45(65-6)28-11-5)54-55(59(61)64)57(52-39-40-53(60)69-52)62(58(54)63)42-44(30-25-19-15-10-4)32-27-23-21-17-13-8-2/h11,28,33-40,43-44H,5,7-10,12-27,29-32,41-42H2,1-4,6H3/b45-28-. The maximum absolute atomic E-state index is 15.6. The van der Waals surface area contributed by atoms with Crippen molar-refractivity contribution in [2.75, 3.05) is 19.3 Å². The van der Waals surface area contributed by atoms with Crippen LogP contribution < -0.4 is 0 Å². The van der Waals surface area contributed by atoms with Crippen LogP contribution in [-0.2, 0) is 9.59 Å². The molecule has 2 atom stereocenters. The minimum absolute atomic E-state index is 0.0178. The summed E-state index contributed by atoms with van der Waals surface area (Å²) in [6.45, 7) is 14.4. The van der Waals surface area contributed by atoms with Gasteiger partial charge in [-0.15, -0.1) is 57.1 Å². The summed E-state index contributed by atoms with van der Waals surface area (Å²) in [6, 6.07) is 17.6. The number of thiophene rings is 4. The molecule has 0 saturated carbocycles. The van der Waals surface area contributed by atoms with E-state index in [1.807, 2.05) is 28.7 Å². The lowest BCUT2D eigenvalue weighted by Crippen LogP contribution is -2.34. The number of thioether (sulfide) groups is 1. The second-order valence-corrected chi connectivity index (χ2v) is 26.0. The van der Waals surface area contributed by atoms with Crippen LogP contribution in [0, 0.1) is 11.8 Å². The lowest BCUT2D eigenvalue weighted by atomic mass is 9.93. The fourth-order valence-corrected chi connectivity index (χ4v) is 15.7. The van der Waals surface area contributed by atoms with E-state index < -0.39 is 0 Å². The topological polar surface area (TPSA) is 40.6 Å². The van der Waals surface area contributed by atoms with Crippen molar-refractivity contribution in [1.82, 2.24) is 9.80 Å². The van der Waals surface area contributed by atoms with E-state index in [2.05, 4.69) is 121 Å². The second kappa shape index (κ2) is 29.9. The Balaban J connectivity index is 1.39. The Hall–Kier alpha value is -2.47. The van der Waals surface area contributed by atoms with Crippen LogP contribution in [0.1, 0.15) is 196 Å². The Morgan fingerprint density at radius 1 is 0.522 bits per heavy atom. The Bertz CT molecular complexity index is 2320. The molecular formula is C59H81BrN2O2S5. The van der Waals surface area contributed by atoms with Crippen LogP contribution in [0.2, 0.25) is 0 Å². The fourth-order valence-electron chi connectivity index (χ4n) is 10.2. The van der Waals surface area contributed by atoms with Crippen LogP contribution in [0.5, 0.6) is 0 Å². The Morgan fingerprint density at radius 3 is 1.30 bits per heavy atom. The van der Waals surface area contributed by atoms with Gasteiger partial charge in [0, 0.05) is 42.4 Å². The SMILES string of the molecule is C=C/C=C(\SC)c1ccc(-c2ccc(-c3ccc(C4=C5C(=O)N(CC(CCCCCC)CCCCCCCC)C(c6ccc(Br)s6)=C5C(=O)N4CC(CCCCCC)CCCCCCCC)s3)s2)s1. The first-order valence-electron chi connectivity index (χ1n) is 26.8. The van der Waals surface area contributed by atoms with Crippen molar-refractivity contribution in [3.05, 3.63) is 96.8 Å². The molecule has 4 aromatic rings. The average molecular weight is 1090 g/mol. The predicted octanol–water partition coefficient (Wildman–Crippen LogP) is 20.4. The smallest absolute Gasteiger partial charge is 0.261 e. The first-order chi connectivity index (χ1) is 33.8. The number of fused-ring (bicyclic) bond motifs is 1. The summed E-state index contributed by atoms with van der Waals surface area (Å²) in [6.07, 6.45) is 35.5. The van der Waals surface area contributed by atoms with Crippen molar-refractivity contribution < 1.29 is 9.59 Å². The van der Waals surface area contributed by atoms with Crippen molar-refractivity contribution >= 4 is 101 Å². The molecule has 0 N–H and O–H groups in total. The summed E-state index contributed by atoms with van der Waals surface area (Å²) in [5.41, 5.74) is 2.96. The Morgan fingerprint density at radius 2 is 0.884 bits per heavy atom. The summed E-state index contributed by atoms with van der Waals surface area (Å²) in [7, 11) is 0. The molecule has 6 heterocycles. The molecule has 2 amide bonds. The van der Waals surface area contributed by atoms with Gasteiger partial charge in [-0.1, -0.05) is 169 Å². The van der Waals surface area contributed by atoms with Crippen LogP contribution in [-0.4, -0.2) is 41.0 Å². The number of hydrogen-bond donors (Lipinski definition) is 0. The van der Waals surface area contributed by atoms with Crippen molar-refractivity contribution in [3.8, 4) is 19.5 Å². The van der Waals surface area contributed by atoms with Gasteiger partial charge in [0.05, 0.1) is 36.1 Å². The van der Waals surface area contributed by atoms with Gasteiger partial charge in [-0.2, -0.15) is 0 Å². The van der Waals surface area contributed by atoms with Crippen molar-refractivity contribution in [3.63, 3.8) is 0 Å². The number of unbranched alkanes of at least 4 members (excludes halogenated alkanes) is 16. The first-order valence-corrected chi connectivity index (χ1v) is 32.1. The second-order valence-electron chi connectivity index (χ2n) is 19.4. The Labute approximate surface area is 446 Å². The zero-order chi connectivity index (χ0) is 49.0. The minimum atomic E-state index is 0.0178. The zero-order valence-corrected chi connectivity index (χ0v) is 48.3. The highest BCUT2D eigenvalue weighted by Crippen LogP contribution is 2.51. The maximum Gasteiger partial charge on any atom is 0.261 e. The van der Waals surface area contributed by atoms with Crippen LogP contribution in [0.4, 0.5) is 0 Å². The number of rotatable bonds is 35. The largest absolute Gasteiger partial charge is 0.306 e. The molecule has 0 saturated heterocycles. The lowest BCUT2D eigenvalue weighted by Gasteiger charge is -2.29. The summed E-state index contributed by atoms with van der Waals surface area (Å²) in [4.78, 5) is 44.8. The number of nitrogens with zero attached hydrogens (tertiary/aromatic N) is 2. The predicted molar refractivity (Wildman–Crippen MR) is 312 cm³/mol. The fraction of sp³-hybridized carbons (Fsp3) is 0.559. The number of carbonyl (C=O) groups excluding carboxylic acids is 2. The van der Waals surface area contributed by atoms with E-state index in [4.69, 9.17) is 0 Å². The van der Waals surface area contributed by atoms with E-state index in [9.17, 15) is 0 Å². The lowest BCUT2D eigenvalue weighted by molar-refractivity contribution is -0.124. The number of halogens is 1. The van der Waals surface area contributed by atoms with Gasteiger partial charge in [0.2, 0.25) is 0 Å². The molecule has 0 spiro atoms. The summed E-state index contributed by atoms with van der Waals surface area (Å²) >= 11 is 12.6. The van der Waals surface area contributed by atoms with Crippen LogP contribution >= 0.6 is 73.0 Å². The zero-order valence-electron chi connectivity index (χ0n) is 42.7. The summed E-state index contributed by atoms with van der Waals surface area (Å²) in [5.74, 6) is 0.805. The van der Waals surface area contributed by atoms with Gasteiger partial charge in [0.25, 0.3) is 11.8 Å². The van der Waals surface area contributed by atoms with Crippen molar-refractivity contribution in [2.45, 2.75) is 182 Å². The molecule has 10 heteroatoms. The monoisotopic (exact) mass is 1090 g/mol. The van der Waals surface area contributed by atoms with E-state index in [1.54, 1.807) is 34.4 Å². The van der Waals surface area contributed by atoms with Gasteiger partial charge in [-0.05, 0) is 114 Å². The molecular weight excluding hydrogens is 1010 g/mol. The van der Waals surface area contributed by atoms with E-state index in [0.29, 0.717) is 36.1 Å². The summed E-state index contributed by atoms with van der Waals surface area (Å²) in [5, 5.41) is 0. The van der Waals surface area contributed by atoms with Gasteiger partial charge in [0.1, 0.15) is 0 Å². The molecule has 4 nitrogen and oxygen atoms in total. The molecule has 2 aliphatic heterocycles. The van der Waals surface area contributed by atoms with Crippen LogP contribution in [0.25, 0.3) is 35.8 Å². The third kappa shape index (κ3) is 15.5. The number of carbonyl (C=O) groups is 2. The van der Waals surface area contributed by atoms with Gasteiger partial charge < -0.3 is 9.80 Å². The van der Waals surface area contributed by atoms with Gasteiger partial charge in [0.15, 0.2) is 0 Å². The number of amides is 2. The van der Waals surface area contributed by atoms with E-state index in [0.717, 1.165) is 50.6 Å². The third-order valence-corrected chi connectivity index (χ3v) is 20.2. The van der Waals surface area contributed by atoms with Gasteiger partial charge >= 0.3 is 0 Å². The number of hydrogen-bond acceptors (Lipinski definition) is 7. The van der Waals surface area contributed by atoms with Crippen LogP contribution in [0.15, 0.2) is 82.2 Å². The molecule has 69 heavy (non-hydrogen) atoms. The molecule has 6 rings (SSSR count). The van der Waals surface area contributed by atoms with E-state index >= 15 is 9.59 Å². The van der Waals surface area contributed by atoms with E-state index in [1.165, 1.54) is 158 Å². The molecule has 4 aromatic heterocycles. The third-order valence-electron chi connectivity index (χ3n) is 14.0. The summed E-state index contributed by atoms with van der Waals surface area (Å²) < 4.78 is 1.02. The molecule has 0 radical (unpaired) electrons. The van der Waals surface area contributed by atoms with Crippen molar-refractivity contribution in [1.29, 1.82) is 0 Å². The van der Waals surface area contributed by atoms with Gasteiger partial charge in [-0.25, -0.2) is 0 Å². The normalized spacial score (nSPS) is 15.1. The number of allylic oxidation sites excluding steroid dienone is 2. The van der Waals surface area contributed by atoms with Crippen LogP contribution in [0.3, 0.4) is 0 Å². The molecule has 0 bridgehead atoms. The molecule has 0 fully saturated rings. The molecule has 376 valence electrons. The molecule has 0 aliphatic carbocycles. The highest BCUT2D eigenvalue weighted by molar-refractivity contribution is 9.11. The molecule has 2 aliphatic rings. The highest BCUT2D eigenvalue weighted by atomic mass is 79.9.